The number of hydrogen-bond acceptors (Lipinski definition) is 5. The first-order valence-electron chi connectivity index (χ1n) is 6.02. The molecule has 5 nitrogen and oxygen atoms in total. The van der Waals surface area contributed by atoms with Gasteiger partial charge in [0.15, 0.2) is 0 Å². The van der Waals surface area contributed by atoms with E-state index in [9.17, 15) is 0 Å². The van der Waals surface area contributed by atoms with E-state index in [0.29, 0.717) is 11.6 Å². The molecule has 0 radical (unpaired) electrons. The number of ether oxygens (including phenoxy) is 1. The first-order valence-corrected chi connectivity index (χ1v) is 6.81. The lowest BCUT2D eigenvalue weighted by Gasteiger charge is -2.24. The molecule has 0 N–H and O–H groups in total. The largest absolute Gasteiger partial charge is 0.437 e. The van der Waals surface area contributed by atoms with Gasteiger partial charge in [-0.3, -0.25) is 4.98 Å². The van der Waals surface area contributed by atoms with E-state index in [0.717, 1.165) is 35.2 Å². The molecule has 0 atom stereocenters. The summed E-state index contributed by atoms with van der Waals surface area (Å²) in [6, 6.07) is 1.87. The van der Waals surface area contributed by atoms with Crippen LogP contribution >= 0.6 is 15.9 Å². The van der Waals surface area contributed by atoms with Gasteiger partial charge in [-0.25, -0.2) is 9.97 Å². The van der Waals surface area contributed by atoms with Crippen molar-refractivity contribution in [3.63, 3.8) is 0 Å². The standard InChI is InChI=1S/C13H13BrN4O/c1-18-3-2-12-11(7-18)13(17-8-16-12)19-10-4-9(14)5-15-6-10/h4-6,8H,2-3,7H2,1H3. The second-order valence-corrected chi connectivity index (χ2v) is 5.45. The lowest BCUT2D eigenvalue weighted by atomic mass is 10.1. The molecule has 2 aromatic rings. The molecule has 3 heterocycles. The van der Waals surface area contributed by atoms with Crippen LogP contribution in [0.1, 0.15) is 11.3 Å². The van der Waals surface area contributed by atoms with Gasteiger partial charge in [-0.05, 0) is 29.0 Å². The molecule has 2 aromatic heterocycles. The van der Waals surface area contributed by atoms with Crippen LogP contribution in [0.25, 0.3) is 0 Å². The van der Waals surface area contributed by atoms with Crippen LogP contribution in [0.3, 0.4) is 0 Å². The monoisotopic (exact) mass is 320 g/mol. The summed E-state index contributed by atoms with van der Waals surface area (Å²) in [6.45, 7) is 1.83. The molecule has 0 unspecified atom stereocenters. The Hall–Kier alpha value is -1.53. The Morgan fingerprint density at radius 2 is 2.21 bits per heavy atom. The number of aromatic nitrogens is 3. The maximum Gasteiger partial charge on any atom is 0.227 e. The topological polar surface area (TPSA) is 51.1 Å². The summed E-state index contributed by atoms with van der Waals surface area (Å²) >= 11 is 3.38. The van der Waals surface area contributed by atoms with Crippen LogP contribution in [0.4, 0.5) is 0 Å². The summed E-state index contributed by atoms with van der Waals surface area (Å²) in [5.41, 5.74) is 2.14. The molecule has 0 aliphatic carbocycles. The molecular weight excluding hydrogens is 308 g/mol. The van der Waals surface area contributed by atoms with Crippen LogP contribution in [0.2, 0.25) is 0 Å². The third-order valence-electron chi connectivity index (χ3n) is 3.05. The minimum Gasteiger partial charge on any atom is -0.437 e. The third-order valence-corrected chi connectivity index (χ3v) is 3.48. The van der Waals surface area contributed by atoms with Crippen molar-refractivity contribution in [3.05, 3.63) is 40.5 Å². The summed E-state index contributed by atoms with van der Waals surface area (Å²) in [5, 5.41) is 0. The zero-order valence-corrected chi connectivity index (χ0v) is 12.1. The number of pyridine rings is 1. The molecule has 1 aliphatic heterocycles. The van der Waals surface area contributed by atoms with Crippen LogP contribution < -0.4 is 4.74 Å². The van der Waals surface area contributed by atoms with Crippen LogP contribution in [0.5, 0.6) is 11.6 Å². The van der Waals surface area contributed by atoms with Crippen molar-refractivity contribution in [1.29, 1.82) is 0 Å². The van der Waals surface area contributed by atoms with Crippen molar-refractivity contribution in [3.8, 4) is 11.6 Å². The first-order chi connectivity index (χ1) is 9.22. The smallest absolute Gasteiger partial charge is 0.227 e. The number of rotatable bonds is 2. The van der Waals surface area contributed by atoms with Crippen molar-refractivity contribution in [2.45, 2.75) is 13.0 Å². The van der Waals surface area contributed by atoms with Gasteiger partial charge in [0.1, 0.15) is 12.1 Å². The molecular formula is C13H13BrN4O. The number of hydrogen-bond donors (Lipinski definition) is 0. The zero-order valence-electron chi connectivity index (χ0n) is 10.5. The number of fused-ring (bicyclic) bond motifs is 1. The Bertz CT molecular complexity index is 605. The first kappa shape index (κ1) is 12.5. The highest BCUT2D eigenvalue weighted by atomic mass is 79.9. The normalized spacial score (nSPS) is 15.1. The van der Waals surface area contributed by atoms with E-state index in [-0.39, 0.29) is 0 Å². The van der Waals surface area contributed by atoms with Crippen molar-refractivity contribution >= 4 is 15.9 Å². The van der Waals surface area contributed by atoms with Gasteiger partial charge in [0.25, 0.3) is 0 Å². The Labute approximate surface area is 119 Å². The van der Waals surface area contributed by atoms with E-state index in [1.54, 1.807) is 18.7 Å². The molecule has 0 bridgehead atoms. The SMILES string of the molecule is CN1CCc2ncnc(Oc3cncc(Br)c3)c2C1. The quantitative estimate of drug-likeness (QED) is 0.850. The molecule has 3 rings (SSSR count). The minimum absolute atomic E-state index is 0.622. The summed E-state index contributed by atoms with van der Waals surface area (Å²) in [7, 11) is 2.08. The number of likely N-dealkylation sites (N-methyl/N-ethyl adjacent to an activating group) is 1. The molecule has 0 saturated carbocycles. The van der Waals surface area contributed by atoms with Crippen LogP contribution in [-0.2, 0) is 13.0 Å². The van der Waals surface area contributed by atoms with Gasteiger partial charge >= 0.3 is 0 Å². The van der Waals surface area contributed by atoms with Gasteiger partial charge in [0.05, 0.1) is 17.5 Å². The molecule has 98 valence electrons. The van der Waals surface area contributed by atoms with Gasteiger partial charge < -0.3 is 9.64 Å². The number of halogens is 1. The summed E-state index contributed by atoms with van der Waals surface area (Å²) in [4.78, 5) is 14.9. The fourth-order valence-corrected chi connectivity index (χ4v) is 2.44. The average Bonchev–Trinajstić information content (AvgIpc) is 2.39. The van der Waals surface area contributed by atoms with Gasteiger partial charge in [-0.1, -0.05) is 0 Å². The minimum atomic E-state index is 0.622. The fraction of sp³-hybridized carbons (Fsp3) is 0.308. The summed E-state index contributed by atoms with van der Waals surface area (Å²) < 4.78 is 6.72. The predicted molar refractivity (Wildman–Crippen MR) is 74.1 cm³/mol. The van der Waals surface area contributed by atoms with Crippen LogP contribution in [-0.4, -0.2) is 33.4 Å². The van der Waals surface area contributed by atoms with E-state index in [4.69, 9.17) is 4.74 Å². The van der Waals surface area contributed by atoms with Crippen molar-refractivity contribution in [1.82, 2.24) is 19.9 Å². The number of nitrogens with zero attached hydrogens (tertiary/aromatic N) is 4. The maximum absolute atomic E-state index is 5.84. The van der Waals surface area contributed by atoms with Gasteiger partial charge in [0, 0.05) is 30.2 Å². The molecule has 0 spiro atoms. The molecule has 0 aromatic carbocycles. The maximum atomic E-state index is 5.84. The van der Waals surface area contributed by atoms with E-state index >= 15 is 0 Å². The van der Waals surface area contributed by atoms with Crippen molar-refractivity contribution < 1.29 is 4.74 Å². The Morgan fingerprint density at radius 1 is 1.32 bits per heavy atom. The van der Waals surface area contributed by atoms with E-state index < -0.39 is 0 Å². The lowest BCUT2D eigenvalue weighted by Crippen LogP contribution is -2.27. The van der Waals surface area contributed by atoms with Gasteiger partial charge in [-0.2, -0.15) is 0 Å². The predicted octanol–water partition coefficient (Wildman–Crippen LogP) is 2.41. The summed E-state index contributed by atoms with van der Waals surface area (Å²) in [6.07, 6.45) is 5.88. The van der Waals surface area contributed by atoms with Crippen LogP contribution in [0, 0.1) is 0 Å². The highest BCUT2D eigenvalue weighted by Gasteiger charge is 2.20. The van der Waals surface area contributed by atoms with E-state index in [1.165, 1.54) is 0 Å². The second-order valence-electron chi connectivity index (χ2n) is 4.53. The van der Waals surface area contributed by atoms with E-state index in [1.807, 2.05) is 6.07 Å². The molecule has 1 aliphatic rings. The van der Waals surface area contributed by atoms with Gasteiger partial charge in [0.2, 0.25) is 5.88 Å². The Balaban J connectivity index is 1.93. The van der Waals surface area contributed by atoms with Crippen molar-refractivity contribution in [2.24, 2.45) is 0 Å². The zero-order chi connectivity index (χ0) is 13.2. The molecule has 0 amide bonds. The average molecular weight is 321 g/mol. The third kappa shape index (κ3) is 2.74. The molecule has 0 fully saturated rings. The van der Waals surface area contributed by atoms with E-state index in [2.05, 4.69) is 42.8 Å². The molecule has 0 saturated heterocycles. The second kappa shape index (κ2) is 5.22. The van der Waals surface area contributed by atoms with Crippen molar-refractivity contribution in [2.75, 3.05) is 13.6 Å². The molecule has 6 heteroatoms. The highest BCUT2D eigenvalue weighted by Crippen LogP contribution is 2.28. The fourth-order valence-electron chi connectivity index (χ4n) is 2.10. The molecule has 19 heavy (non-hydrogen) atoms. The Morgan fingerprint density at radius 3 is 3.05 bits per heavy atom. The Kier molecular flexibility index (Phi) is 3.44. The van der Waals surface area contributed by atoms with Crippen LogP contribution in [0.15, 0.2) is 29.3 Å². The van der Waals surface area contributed by atoms with Gasteiger partial charge in [-0.15, -0.1) is 0 Å². The lowest BCUT2D eigenvalue weighted by molar-refractivity contribution is 0.300. The highest BCUT2D eigenvalue weighted by molar-refractivity contribution is 9.10. The summed E-state index contributed by atoms with van der Waals surface area (Å²) in [5.74, 6) is 1.29.